The summed E-state index contributed by atoms with van der Waals surface area (Å²) in [5.41, 5.74) is 1.97. The van der Waals surface area contributed by atoms with Crippen LogP contribution in [-0.4, -0.2) is 22.9 Å². The number of carbonyl (C=O) groups is 1. The Kier molecular flexibility index (Phi) is 4.76. The smallest absolute Gasteiger partial charge is 0.272 e. The van der Waals surface area contributed by atoms with E-state index in [0.717, 1.165) is 11.3 Å². The van der Waals surface area contributed by atoms with Crippen molar-refractivity contribution in [3.63, 3.8) is 0 Å². The molecular weight excluding hydrogens is 368 g/mol. The third-order valence-electron chi connectivity index (χ3n) is 3.91. The van der Waals surface area contributed by atoms with E-state index in [1.807, 2.05) is 30.3 Å². The molecule has 136 valence electrons. The molecule has 1 aromatic heterocycles. The van der Waals surface area contributed by atoms with Gasteiger partial charge in [0.1, 0.15) is 0 Å². The van der Waals surface area contributed by atoms with Crippen molar-refractivity contribution in [3.8, 4) is 11.5 Å². The number of carbonyl (C=O) groups excluding carboxylic acids is 1. The van der Waals surface area contributed by atoms with E-state index in [-0.39, 0.29) is 18.4 Å². The maximum Gasteiger partial charge on any atom is 0.272 e. The summed E-state index contributed by atoms with van der Waals surface area (Å²) >= 11 is 5.85. The number of ether oxygens (including phenoxy) is 2. The van der Waals surface area contributed by atoms with Crippen LogP contribution in [0.15, 0.2) is 54.6 Å². The lowest BCUT2D eigenvalue weighted by molar-refractivity contribution is 0.0945. The minimum Gasteiger partial charge on any atom is -0.454 e. The van der Waals surface area contributed by atoms with Gasteiger partial charge in [0.2, 0.25) is 6.79 Å². The van der Waals surface area contributed by atoms with Crippen molar-refractivity contribution in [2.24, 2.45) is 0 Å². The van der Waals surface area contributed by atoms with Crippen LogP contribution in [0.3, 0.4) is 0 Å². The second-order valence-electron chi connectivity index (χ2n) is 5.81. The second kappa shape index (κ2) is 7.51. The normalized spacial score (nSPS) is 11.9. The fraction of sp³-hybridized carbons (Fsp3) is 0.105. The first kappa shape index (κ1) is 17.1. The highest BCUT2D eigenvalue weighted by atomic mass is 35.5. The standard InChI is InChI=1S/C19H15ClN4O3/c20-13-3-1-12(2-4-13)10-21-19(25)15-6-8-18(24-23-15)22-14-5-7-16-17(9-14)27-11-26-16/h1-9H,10-11H2,(H,21,25)(H,22,24). The van der Waals surface area contributed by atoms with Gasteiger partial charge in [-0.05, 0) is 42.0 Å². The fourth-order valence-corrected chi connectivity index (χ4v) is 2.64. The Hall–Kier alpha value is -3.32. The van der Waals surface area contributed by atoms with E-state index < -0.39 is 0 Å². The Morgan fingerprint density at radius 1 is 1.00 bits per heavy atom. The average molecular weight is 383 g/mol. The highest BCUT2D eigenvalue weighted by molar-refractivity contribution is 6.30. The van der Waals surface area contributed by atoms with Crippen molar-refractivity contribution in [2.45, 2.75) is 6.54 Å². The van der Waals surface area contributed by atoms with Gasteiger partial charge in [-0.1, -0.05) is 23.7 Å². The third-order valence-corrected chi connectivity index (χ3v) is 4.16. The summed E-state index contributed by atoms with van der Waals surface area (Å²) in [5.74, 6) is 1.60. The number of benzene rings is 2. The number of anilines is 2. The van der Waals surface area contributed by atoms with Crippen molar-refractivity contribution < 1.29 is 14.3 Å². The second-order valence-corrected chi connectivity index (χ2v) is 6.24. The molecule has 0 atom stereocenters. The molecule has 8 heteroatoms. The Balaban J connectivity index is 1.36. The summed E-state index contributed by atoms with van der Waals surface area (Å²) in [5, 5.41) is 14.6. The van der Waals surface area contributed by atoms with Crippen LogP contribution in [0, 0.1) is 0 Å². The molecule has 0 saturated heterocycles. The molecule has 0 saturated carbocycles. The zero-order valence-corrected chi connectivity index (χ0v) is 14.9. The van der Waals surface area contributed by atoms with Gasteiger partial charge in [0.15, 0.2) is 23.0 Å². The lowest BCUT2D eigenvalue weighted by Gasteiger charge is -2.07. The highest BCUT2D eigenvalue weighted by Gasteiger charge is 2.14. The molecule has 2 N–H and O–H groups in total. The van der Waals surface area contributed by atoms with E-state index in [9.17, 15) is 4.79 Å². The van der Waals surface area contributed by atoms with Crippen molar-refractivity contribution in [2.75, 3.05) is 12.1 Å². The van der Waals surface area contributed by atoms with Crippen molar-refractivity contribution >= 4 is 29.0 Å². The molecule has 0 spiro atoms. The van der Waals surface area contributed by atoms with Gasteiger partial charge in [-0.3, -0.25) is 4.79 Å². The first-order chi connectivity index (χ1) is 13.2. The number of amides is 1. The summed E-state index contributed by atoms with van der Waals surface area (Å²) in [6, 6.07) is 16.0. The number of nitrogens with zero attached hydrogens (tertiary/aromatic N) is 2. The molecule has 1 aliphatic heterocycles. The van der Waals surface area contributed by atoms with E-state index >= 15 is 0 Å². The number of aromatic nitrogens is 2. The minimum absolute atomic E-state index is 0.221. The number of nitrogens with one attached hydrogen (secondary N) is 2. The van der Waals surface area contributed by atoms with Crippen LogP contribution < -0.4 is 20.1 Å². The Labute approximate surface area is 160 Å². The highest BCUT2D eigenvalue weighted by Crippen LogP contribution is 2.34. The van der Waals surface area contributed by atoms with Crippen LogP contribution >= 0.6 is 11.6 Å². The quantitative estimate of drug-likeness (QED) is 0.702. The van der Waals surface area contributed by atoms with Gasteiger partial charge in [-0.25, -0.2) is 0 Å². The van der Waals surface area contributed by atoms with E-state index in [1.165, 1.54) is 0 Å². The Morgan fingerprint density at radius 3 is 2.59 bits per heavy atom. The molecule has 2 heterocycles. The zero-order valence-electron chi connectivity index (χ0n) is 14.1. The SMILES string of the molecule is O=C(NCc1ccc(Cl)cc1)c1ccc(Nc2ccc3c(c2)OCO3)nn1. The number of hydrogen-bond acceptors (Lipinski definition) is 6. The number of hydrogen-bond donors (Lipinski definition) is 2. The van der Waals surface area contributed by atoms with E-state index in [2.05, 4.69) is 20.8 Å². The van der Waals surface area contributed by atoms with Gasteiger partial charge < -0.3 is 20.1 Å². The fourth-order valence-electron chi connectivity index (χ4n) is 2.52. The van der Waals surface area contributed by atoms with Crippen molar-refractivity contribution in [1.29, 1.82) is 0 Å². The largest absolute Gasteiger partial charge is 0.454 e. The van der Waals surface area contributed by atoms with Gasteiger partial charge in [0.25, 0.3) is 5.91 Å². The van der Waals surface area contributed by atoms with Crippen molar-refractivity contribution in [3.05, 3.63) is 70.9 Å². The molecule has 27 heavy (non-hydrogen) atoms. The van der Waals surface area contributed by atoms with Crippen LogP contribution in [-0.2, 0) is 6.54 Å². The van der Waals surface area contributed by atoms with E-state index in [4.69, 9.17) is 21.1 Å². The van der Waals surface area contributed by atoms with E-state index in [1.54, 1.807) is 24.3 Å². The predicted molar refractivity (Wildman–Crippen MR) is 101 cm³/mol. The summed E-state index contributed by atoms with van der Waals surface area (Å²) < 4.78 is 10.6. The lowest BCUT2D eigenvalue weighted by Crippen LogP contribution is -2.24. The summed E-state index contributed by atoms with van der Waals surface area (Å²) in [6.45, 7) is 0.604. The van der Waals surface area contributed by atoms with Crippen molar-refractivity contribution in [1.82, 2.24) is 15.5 Å². The Morgan fingerprint density at radius 2 is 1.81 bits per heavy atom. The molecule has 0 radical (unpaired) electrons. The molecular formula is C19H15ClN4O3. The van der Waals surface area contributed by atoms with Gasteiger partial charge in [-0.2, -0.15) is 0 Å². The summed E-state index contributed by atoms with van der Waals surface area (Å²) in [7, 11) is 0. The van der Waals surface area contributed by atoms with Gasteiger partial charge in [0, 0.05) is 23.3 Å². The molecule has 0 fully saturated rings. The summed E-state index contributed by atoms with van der Waals surface area (Å²) in [6.07, 6.45) is 0. The zero-order chi connectivity index (χ0) is 18.6. The van der Waals surface area contributed by atoms with Gasteiger partial charge >= 0.3 is 0 Å². The monoisotopic (exact) mass is 382 g/mol. The Bertz CT molecular complexity index is 962. The average Bonchev–Trinajstić information content (AvgIpc) is 3.16. The lowest BCUT2D eigenvalue weighted by atomic mass is 10.2. The van der Waals surface area contributed by atoms with Gasteiger partial charge in [-0.15, -0.1) is 10.2 Å². The molecule has 1 amide bonds. The van der Waals surface area contributed by atoms with Crippen LogP contribution in [0.1, 0.15) is 16.1 Å². The number of fused-ring (bicyclic) bond motifs is 1. The third kappa shape index (κ3) is 4.09. The van der Waals surface area contributed by atoms with E-state index in [0.29, 0.717) is 28.9 Å². The molecule has 1 aliphatic rings. The van der Waals surface area contributed by atoms with Crippen LogP contribution in [0.25, 0.3) is 0 Å². The molecule has 0 bridgehead atoms. The first-order valence-electron chi connectivity index (χ1n) is 8.20. The molecule has 7 nitrogen and oxygen atoms in total. The molecule has 2 aromatic carbocycles. The number of halogens is 1. The molecule has 3 aromatic rings. The number of rotatable bonds is 5. The van der Waals surface area contributed by atoms with Gasteiger partial charge in [0.05, 0.1) is 0 Å². The maximum absolute atomic E-state index is 12.2. The molecule has 4 rings (SSSR count). The molecule has 0 unspecified atom stereocenters. The summed E-state index contributed by atoms with van der Waals surface area (Å²) in [4.78, 5) is 12.2. The first-order valence-corrected chi connectivity index (χ1v) is 8.58. The van der Waals surface area contributed by atoms with Crippen LogP contribution in [0.5, 0.6) is 11.5 Å². The maximum atomic E-state index is 12.2. The van der Waals surface area contributed by atoms with Crippen LogP contribution in [0.4, 0.5) is 11.5 Å². The van der Waals surface area contributed by atoms with Crippen LogP contribution in [0.2, 0.25) is 5.02 Å². The molecule has 0 aliphatic carbocycles. The topological polar surface area (TPSA) is 85.4 Å². The minimum atomic E-state index is -0.299. The predicted octanol–water partition coefficient (Wildman–Crippen LogP) is 3.53.